The van der Waals surface area contributed by atoms with Crippen LogP contribution in [0, 0.1) is 5.41 Å². The highest BCUT2D eigenvalue weighted by atomic mass is 79.9. The summed E-state index contributed by atoms with van der Waals surface area (Å²) in [4.78, 5) is 38.1. The van der Waals surface area contributed by atoms with E-state index < -0.39 is 17.4 Å². The number of rotatable bonds is 8. The molecule has 1 saturated carbocycles. The van der Waals surface area contributed by atoms with E-state index in [2.05, 4.69) is 15.9 Å². The van der Waals surface area contributed by atoms with E-state index in [1.165, 1.54) is 6.07 Å². The number of benzene rings is 2. The first-order chi connectivity index (χ1) is 16.3. The molecule has 1 fully saturated rings. The van der Waals surface area contributed by atoms with E-state index in [0.29, 0.717) is 40.6 Å². The average molecular weight is 528 g/mol. The Hall–Kier alpha value is -3.13. The monoisotopic (exact) mass is 527 g/mol. The molecule has 1 heterocycles. The Labute approximate surface area is 205 Å². The van der Waals surface area contributed by atoms with E-state index in [1.807, 2.05) is 12.1 Å². The van der Waals surface area contributed by atoms with E-state index in [9.17, 15) is 24.6 Å². The Morgan fingerprint density at radius 2 is 1.79 bits per heavy atom. The van der Waals surface area contributed by atoms with Gasteiger partial charge in [-0.25, -0.2) is 4.79 Å². The average Bonchev–Trinajstić information content (AvgIpc) is 3.43. The third-order valence-corrected chi connectivity index (χ3v) is 7.42. The van der Waals surface area contributed by atoms with Crippen molar-refractivity contribution >= 4 is 44.7 Å². The van der Waals surface area contributed by atoms with Gasteiger partial charge in [0.2, 0.25) is 5.91 Å². The summed E-state index contributed by atoms with van der Waals surface area (Å²) in [6, 6.07) is 12.2. The summed E-state index contributed by atoms with van der Waals surface area (Å²) in [5.74, 6) is -1.55. The van der Waals surface area contributed by atoms with Gasteiger partial charge < -0.3 is 19.5 Å². The normalized spacial score (nSPS) is 14.9. The van der Waals surface area contributed by atoms with Crippen molar-refractivity contribution in [2.24, 2.45) is 5.41 Å². The summed E-state index contributed by atoms with van der Waals surface area (Å²) in [5.41, 5.74) is 1.13. The minimum absolute atomic E-state index is 0.0880. The molecule has 0 aliphatic heterocycles. The number of carbonyl (C=O) groups is 3. The molecule has 1 aliphatic carbocycles. The lowest BCUT2D eigenvalue weighted by Gasteiger charge is -2.32. The van der Waals surface area contributed by atoms with Crippen molar-refractivity contribution in [3.8, 4) is 11.3 Å². The molecule has 1 aliphatic rings. The van der Waals surface area contributed by atoms with Gasteiger partial charge in [0, 0.05) is 30.5 Å². The minimum Gasteiger partial charge on any atom is -0.481 e. The third-order valence-electron chi connectivity index (χ3n) is 6.63. The van der Waals surface area contributed by atoms with Gasteiger partial charge in [0.1, 0.15) is 11.3 Å². The molecular weight excluding hydrogens is 502 g/mol. The molecule has 0 radical (unpaired) electrons. The summed E-state index contributed by atoms with van der Waals surface area (Å²) in [6.07, 6.45) is 3.16. The zero-order chi connectivity index (χ0) is 24.5. The van der Waals surface area contributed by atoms with Crippen LogP contribution in [0.2, 0.25) is 0 Å². The van der Waals surface area contributed by atoms with Gasteiger partial charge in [0.15, 0.2) is 0 Å². The number of amides is 1. The van der Waals surface area contributed by atoms with E-state index in [4.69, 9.17) is 4.42 Å². The molecule has 2 N–H and O–H groups in total. The Bertz CT molecular complexity index is 1260. The van der Waals surface area contributed by atoms with Crippen LogP contribution in [-0.4, -0.2) is 39.5 Å². The van der Waals surface area contributed by atoms with Crippen molar-refractivity contribution in [1.29, 1.82) is 0 Å². The number of hydrogen-bond acceptors (Lipinski definition) is 4. The number of aromatic carboxylic acids is 1. The molecule has 4 rings (SSSR count). The standard InChI is InChI=1S/C26H26BrNO6/c1-2-21(29)28(15-26(25(32)33)11-5-6-12-26)14-16-9-10-20-19(13-16)22(27)23(34-20)17-7-3-4-8-18(17)24(30)31/h3-4,7-10,13H,2,5-6,11-12,14-15H2,1H3,(H,30,31)(H,32,33). The van der Waals surface area contributed by atoms with E-state index in [-0.39, 0.29) is 24.6 Å². The van der Waals surface area contributed by atoms with Crippen LogP contribution in [0.15, 0.2) is 51.4 Å². The summed E-state index contributed by atoms with van der Waals surface area (Å²) in [5, 5.41) is 20.2. The Balaban J connectivity index is 1.68. The molecule has 34 heavy (non-hydrogen) atoms. The molecule has 0 bridgehead atoms. The number of hydrogen-bond donors (Lipinski definition) is 2. The summed E-state index contributed by atoms with van der Waals surface area (Å²) < 4.78 is 6.62. The maximum atomic E-state index is 12.7. The number of carboxylic acids is 2. The molecule has 178 valence electrons. The topological polar surface area (TPSA) is 108 Å². The van der Waals surface area contributed by atoms with E-state index >= 15 is 0 Å². The van der Waals surface area contributed by atoms with Crippen LogP contribution < -0.4 is 0 Å². The van der Waals surface area contributed by atoms with Gasteiger partial charge in [-0.1, -0.05) is 44.0 Å². The molecule has 8 heteroatoms. The van der Waals surface area contributed by atoms with Crippen LogP contribution in [0.3, 0.4) is 0 Å². The van der Waals surface area contributed by atoms with Crippen LogP contribution in [0.5, 0.6) is 0 Å². The van der Waals surface area contributed by atoms with Crippen LogP contribution in [-0.2, 0) is 16.1 Å². The fourth-order valence-corrected chi connectivity index (χ4v) is 5.39. The summed E-state index contributed by atoms with van der Waals surface area (Å²) in [7, 11) is 0. The first-order valence-corrected chi connectivity index (χ1v) is 12.1. The van der Waals surface area contributed by atoms with Crippen molar-refractivity contribution in [2.75, 3.05) is 6.54 Å². The van der Waals surface area contributed by atoms with Gasteiger partial charge in [-0.3, -0.25) is 9.59 Å². The predicted molar refractivity (Wildman–Crippen MR) is 131 cm³/mol. The highest BCUT2D eigenvalue weighted by Gasteiger charge is 2.43. The van der Waals surface area contributed by atoms with Crippen LogP contribution in [0.4, 0.5) is 0 Å². The van der Waals surface area contributed by atoms with E-state index in [0.717, 1.165) is 23.8 Å². The van der Waals surface area contributed by atoms with Crippen molar-refractivity contribution in [1.82, 2.24) is 4.90 Å². The molecule has 2 aromatic carbocycles. The fourth-order valence-electron chi connectivity index (χ4n) is 4.79. The van der Waals surface area contributed by atoms with Crippen LogP contribution >= 0.6 is 15.9 Å². The van der Waals surface area contributed by atoms with Gasteiger partial charge >= 0.3 is 11.9 Å². The number of carboxylic acid groups (broad SMARTS) is 2. The van der Waals surface area contributed by atoms with Crippen LogP contribution in [0.25, 0.3) is 22.3 Å². The molecule has 0 atom stereocenters. The summed E-state index contributed by atoms with van der Waals surface area (Å²) >= 11 is 3.57. The number of furan rings is 1. The Kier molecular flexibility index (Phi) is 6.79. The molecule has 1 aromatic heterocycles. The first kappa shape index (κ1) is 24.0. The van der Waals surface area contributed by atoms with Gasteiger partial charge in [-0.2, -0.15) is 0 Å². The number of fused-ring (bicyclic) bond motifs is 1. The first-order valence-electron chi connectivity index (χ1n) is 11.3. The molecule has 3 aromatic rings. The lowest BCUT2D eigenvalue weighted by molar-refractivity contribution is -0.151. The minimum atomic E-state index is -1.04. The maximum Gasteiger partial charge on any atom is 0.336 e. The molecule has 7 nitrogen and oxygen atoms in total. The quantitative estimate of drug-likeness (QED) is 0.375. The van der Waals surface area contributed by atoms with Crippen LogP contribution in [0.1, 0.15) is 54.9 Å². The fraction of sp³-hybridized carbons (Fsp3) is 0.346. The SMILES string of the molecule is CCC(=O)N(Cc1ccc2oc(-c3ccccc3C(=O)O)c(Br)c2c1)CC1(C(=O)O)CCCC1. The van der Waals surface area contributed by atoms with Crippen molar-refractivity contribution in [3.05, 3.63) is 58.1 Å². The second-order valence-corrected chi connectivity index (χ2v) is 9.62. The summed E-state index contributed by atoms with van der Waals surface area (Å²) in [6.45, 7) is 2.26. The van der Waals surface area contributed by atoms with E-state index in [1.54, 1.807) is 36.1 Å². The second kappa shape index (κ2) is 9.62. The lowest BCUT2D eigenvalue weighted by Crippen LogP contribution is -2.43. The number of aliphatic carboxylic acids is 1. The molecule has 0 unspecified atom stereocenters. The third kappa shape index (κ3) is 4.46. The second-order valence-electron chi connectivity index (χ2n) is 8.82. The highest BCUT2D eigenvalue weighted by molar-refractivity contribution is 9.10. The van der Waals surface area contributed by atoms with Crippen molar-refractivity contribution < 1.29 is 29.0 Å². The van der Waals surface area contributed by atoms with Crippen molar-refractivity contribution in [2.45, 2.75) is 45.6 Å². The van der Waals surface area contributed by atoms with Gasteiger partial charge in [-0.15, -0.1) is 0 Å². The zero-order valence-electron chi connectivity index (χ0n) is 18.8. The Morgan fingerprint density at radius 3 is 2.44 bits per heavy atom. The Morgan fingerprint density at radius 1 is 1.09 bits per heavy atom. The number of halogens is 1. The maximum absolute atomic E-state index is 12.7. The number of carbonyl (C=O) groups excluding carboxylic acids is 1. The predicted octanol–water partition coefficient (Wildman–Crippen LogP) is 5.94. The molecule has 1 amide bonds. The smallest absolute Gasteiger partial charge is 0.336 e. The van der Waals surface area contributed by atoms with Gasteiger partial charge in [0.05, 0.1) is 15.5 Å². The van der Waals surface area contributed by atoms with Crippen molar-refractivity contribution in [3.63, 3.8) is 0 Å². The van der Waals surface area contributed by atoms with Gasteiger partial charge in [0.25, 0.3) is 0 Å². The molecule has 0 saturated heterocycles. The van der Waals surface area contributed by atoms with Gasteiger partial charge in [-0.05, 0) is 52.5 Å². The zero-order valence-corrected chi connectivity index (χ0v) is 20.4. The number of nitrogens with zero attached hydrogens (tertiary/aromatic N) is 1. The lowest BCUT2D eigenvalue weighted by atomic mass is 9.85. The molecular formula is C26H26BrNO6. The molecule has 0 spiro atoms. The largest absolute Gasteiger partial charge is 0.481 e. The highest BCUT2D eigenvalue weighted by Crippen LogP contribution is 2.41.